The van der Waals surface area contributed by atoms with E-state index < -0.39 is 29.8 Å². The average Bonchev–Trinajstić information content (AvgIpc) is 2.54. The van der Waals surface area contributed by atoms with E-state index in [9.17, 15) is 19.2 Å². The molecule has 0 spiro atoms. The number of ketones is 1. The number of Topliss-reactive ketones (excluding diaryl/α,β-unsaturated/α-hetero) is 1. The third-order valence-electron chi connectivity index (χ3n) is 3.36. The van der Waals surface area contributed by atoms with Crippen molar-refractivity contribution >= 4 is 28.7 Å². The van der Waals surface area contributed by atoms with Crippen LogP contribution in [0.25, 0.3) is 11.0 Å². The number of rotatable bonds is 7. The van der Waals surface area contributed by atoms with Crippen molar-refractivity contribution in [1.82, 2.24) is 14.9 Å². The van der Waals surface area contributed by atoms with E-state index in [1.807, 2.05) is 0 Å². The van der Waals surface area contributed by atoms with Gasteiger partial charge in [-0.15, -0.1) is 0 Å². The monoisotopic (exact) mass is 332 g/mol. The highest BCUT2D eigenvalue weighted by atomic mass is 16.4. The van der Waals surface area contributed by atoms with Crippen LogP contribution in [0.3, 0.4) is 0 Å². The molecule has 0 aliphatic carbocycles. The second-order valence-corrected chi connectivity index (χ2v) is 5.07. The van der Waals surface area contributed by atoms with Gasteiger partial charge in [0.05, 0.1) is 13.0 Å². The molecular weight excluding hydrogens is 316 g/mol. The van der Waals surface area contributed by atoms with Crippen LogP contribution in [0.4, 0.5) is 0 Å². The summed E-state index contributed by atoms with van der Waals surface area (Å²) in [6.07, 6.45) is 1.26. The Hall–Kier alpha value is -3.07. The summed E-state index contributed by atoms with van der Waals surface area (Å²) in [5, 5.41) is 9.31. The van der Waals surface area contributed by atoms with Gasteiger partial charge in [-0.2, -0.15) is 0 Å². The zero-order chi connectivity index (χ0) is 17.7. The Morgan fingerprint density at radius 3 is 2.75 bits per heavy atom. The fourth-order valence-corrected chi connectivity index (χ4v) is 2.17. The minimum absolute atomic E-state index is 0.0187. The molecule has 0 aromatic carbocycles. The lowest BCUT2D eigenvalue weighted by atomic mass is 10.1. The van der Waals surface area contributed by atoms with Crippen molar-refractivity contribution in [2.75, 3.05) is 19.6 Å². The summed E-state index contributed by atoms with van der Waals surface area (Å²) in [7, 11) is 0. The van der Waals surface area contributed by atoms with Gasteiger partial charge in [0.25, 0.3) is 11.3 Å². The Labute approximate surface area is 136 Å². The van der Waals surface area contributed by atoms with E-state index in [2.05, 4.69) is 9.97 Å². The lowest BCUT2D eigenvalue weighted by molar-refractivity contribution is -0.150. The van der Waals surface area contributed by atoms with E-state index in [-0.39, 0.29) is 25.1 Å². The lowest BCUT2D eigenvalue weighted by Gasteiger charge is -2.20. The molecule has 126 valence electrons. The summed E-state index contributed by atoms with van der Waals surface area (Å²) >= 11 is 0. The number of carbonyl (C=O) groups is 3. The molecule has 0 saturated carbocycles. The van der Waals surface area contributed by atoms with Gasteiger partial charge in [0, 0.05) is 30.2 Å². The zero-order valence-electron chi connectivity index (χ0n) is 12.7. The quantitative estimate of drug-likeness (QED) is 0.546. The maximum Gasteiger partial charge on any atom is 0.374 e. The molecule has 0 aliphatic heterocycles. The molecule has 0 saturated heterocycles. The van der Waals surface area contributed by atoms with Crippen LogP contribution in [0.2, 0.25) is 0 Å². The molecule has 0 atom stereocenters. The van der Waals surface area contributed by atoms with E-state index in [1.165, 1.54) is 6.20 Å². The van der Waals surface area contributed by atoms with E-state index in [1.54, 1.807) is 18.2 Å². The summed E-state index contributed by atoms with van der Waals surface area (Å²) in [6.45, 7) is -0.500. The molecule has 0 radical (unpaired) electrons. The number of H-pyrrole nitrogens is 1. The van der Waals surface area contributed by atoms with Crippen molar-refractivity contribution in [3.63, 3.8) is 0 Å². The highest BCUT2D eigenvalue weighted by molar-refractivity contribution is 6.33. The lowest BCUT2D eigenvalue weighted by Crippen LogP contribution is -2.42. The number of nitrogens with two attached hydrogens (primary N) is 1. The number of hydrogen-bond acceptors (Lipinski definition) is 6. The second-order valence-electron chi connectivity index (χ2n) is 5.07. The van der Waals surface area contributed by atoms with Crippen molar-refractivity contribution in [3.8, 4) is 0 Å². The molecule has 24 heavy (non-hydrogen) atoms. The van der Waals surface area contributed by atoms with Crippen molar-refractivity contribution in [3.05, 3.63) is 40.3 Å². The average molecular weight is 332 g/mol. The van der Waals surface area contributed by atoms with Crippen LogP contribution in [0.15, 0.2) is 29.2 Å². The molecule has 1 amide bonds. The normalized spacial score (nSPS) is 10.5. The predicted octanol–water partition coefficient (Wildman–Crippen LogP) is -1.09. The molecule has 2 aromatic rings. The Balaban J connectivity index is 2.22. The van der Waals surface area contributed by atoms with Crippen LogP contribution in [0, 0.1) is 0 Å². The first-order chi connectivity index (χ1) is 11.4. The maximum absolute atomic E-state index is 12.3. The summed E-state index contributed by atoms with van der Waals surface area (Å²) in [5.74, 6) is -3.29. The number of hydrogen-bond donors (Lipinski definition) is 3. The minimum atomic E-state index is -1.63. The molecular formula is C15H16N4O5. The smallest absolute Gasteiger partial charge is 0.374 e. The summed E-state index contributed by atoms with van der Waals surface area (Å²) in [6, 6.07) is 4.97. The number of nitrogens with one attached hydrogen (secondary N) is 1. The molecule has 2 aromatic heterocycles. The van der Waals surface area contributed by atoms with Crippen LogP contribution in [0.1, 0.15) is 5.56 Å². The Bertz CT molecular complexity index is 845. The largest absolute Gasteiger partial charge is 0.475 e. The van der Waals surface area contributed by atoms with E-state index >= 15 is 0 Å². The van der Waals surface area contributed by atoms with Crippen LogP contribution in [-0.4, -0.2) is 57.3 Å². The van der Waals surface area contributed by atoms with Crippen LogP contribution in [-0.2, 0) is 20.8 Å². The van der Waals surface area contributed by atoms with Gasteiger partial charge in [-0.3, -0.25) is 14.4 Å². The zero-order valence-corrected chi connectivity index (χ0v) is 12.7. The van der Waals surface area contributed by atoms with E-state index in [0.29, 0.717) is 11.0 Å². The fraction of sp³-hybridized carbons (Fsp3) is 0.267. The molecule has 0 aliphatic rings. The van der Waals surface area contributed by atoms with Gasteiger partial charge in [-0.25, -0.2) is 9.78 Å². The molecule has 0 unspecified atom stereocenters. The van der Waals surface area contributed by atoms with Gasteiger partial charge in [-0.05, 0) is 18.2 Å². The number of carbonyl (C=O) groups excluding carboxylic acids is 2. The van der Waals surface area contributed by atoms with Gasteiger partial charge in [0.15, 0.2) is 0 Å². The number of amides is 1. The fourth-order valence-electron chi connectivity index (χ4n) is 2.17. The Kier molecular flexibility index (Phi) is 5.38. The molecule has 2 rings (SSSR count). The molecule has 4 N–H and O–H groups in total. The highest BCUT2D eigenvalue weighted by Gasteiger charge is 2.21. The number of nitrogens with zero attached hydrogens (tertiary/aromatic N) is 2. The minimum Gasteiger partial charge on any atom is -0.475 e. The number of fused-ring (bicyclic) bond motifs is 1. The first kappa shape index (κ1) is 17.3. The topological polar surface area (TPSA) is 146 Å². The molecule has 9 heteroatoms. The van der Waals surface area contributed by atoms with Crippen molar-refractivity contribution < 1.29 is 19.5 Å². The van der Waals surface area contributed by atoms with Crippen LogP contribution < -0.4 is 11.3 Å². The molecule has 9 nitrogen and oxygen atoms in total. The van der Waals surface area contributed by atoms with Crippen molar-refractivity contribution in [2.24, 2.45) is 5.73 Å². The van der Waals surface area contributed by atoms with Gasteiger partial charge in [0.2, 0.25) is 5.91 Å². The maximum atomic E-state index is 12.3. The summed E-state index contributed by atoms with van der Waals surface area (Å²) < 4.78 is 0. The Morgan fingerprint density at radius 2 is 2.08 bits per heavy atom. The van der Waals surface area contributed by atoms with Crippen LogP contribution in [0.5, 0.6) is 0 Å². The number of carboxylic acid groups (broad SMARTS) is 1. The second kappa shape index (κ2) is 7.47. The van der Waals surface area contributed by atoms with Gasteiger partial charge in [0.1, 0.15) is 5.65 Å². The number of aromatic amines is 1. The number of aliphatic carboxylic acids is 1. The third kappa shape index (κ3) is 4.02. The van der Waals surface area contributed by atoms with Gasteiger partial charge >= 0.3 is 5.97 Å². The number of aromatic nitrogens is 2. The SMILES string of the molecule is NCCN(CC(=O)C(=O)O)C(=O)Cc1cc2cccnc2[nH]c1=O. The van der Waals surface area contributed by atoms with Gasteiger partial charge in [-0.1, -0.05) is 0 Å². The standard InChI is InChI=1S/C15H16N4O5/c16-3-5-19(8-11(20)15(23)24)12(21)7-10-6-9-2-1-4-17-13(9)18-14(10)22/h1-2,4,6H,3,5,7-8,16H2,(H,23,24)(H,17,18,22). The van der Waals surface area contributed by atoms with Crippen LogP contribution >= 0.6 is 0 Å². The molecule has 2 heterocycles. The first-order valence-corrected chi connectivity index (χ1v) is 7.13. The van der Waals surface area contributed by atoms with Crippen molar-refractivity contribution in [2.45, 2.75) is 6.42 Å². The van der Waals surface area contributed by atoms with Gasteiger partial charge < -0.3 is 20.7 Å². The van der Waals surface area contributed by atoms with Crippen molar-refractivity contribution in [1.29, 1.82) is 0 Å². The van der Waals surface area contributed by atoms with E-state index in [4.69, 9.17) is 10.8 Å². The summed E-state index contributed by atoms with van der Waals surface area (Å²) in [4.78, 5) is 53.9. The number of pyridine rings is 2. The Morgan fingerprint density at radius 1 is 1.33 bits per heavy atom. The predicted molar refractivity (Wildman–Crippen MR) is 84.3 cm³/mol. The molecule has 0 fully saturated rings. The highest BCUT2D eigenvalue weighted by Crippen LogP contribution is 2.08. The number of carboxylic acids is 1. The first-order valence-electron chi connectivity index (χ1n) is 7.13. The summed E-state index contributed by atoms with van der Waals surface area (Å²) in [5.41, 5.74) is 5.52. The third-order valence-corrected chi connectivity index (χ3v) is 3.36. The van der Waals surface area contributed by atoms with E-state index in [0.717, 1.165) is 4.90 Å². The molecule has 0 bridgehead atoms.